The van der Waals surface area contributed by atoms with Crippen LogP contribution in [0.1, 0.15) is 37.3 Å². The van der Waals surface area contributed by atoms with Gasteiger partial charge in [0, 0.05) is 12.0 Å². The van der Waals surface area contributed by atoms with Crippen LogP contribution >= 0.6 is 0 Å². The van der Waals surface area contributed by atoms with Gasteiger partial charge in [0.05, 0.1) is 18.0 Å². The van der Waals surface area contributed by atoms with Crippen LogP contribution < -0.4 is 5.32 Å². The molecule has 2 aromatic rings. The fraction of sp³-hybridized carbons (Fsp3) is 0.353. The molecule has 2 N–H and O–H groups in total. The molecular weight excluding hydrogens is 294 g/mol. The maximum Gasteiger partial charge on any atom is 0.228 e. The topological polar surface area (TPSA) is 88.3 Å². The van der Waals surface area contributed by atoms with Gasteiger partial charge < -0.3 is 14.8 Å². The van der Waals surface area contributed by atoms with E-state index in [9.17, 15) is 9.90 Å². The van der Waals surface area contributed by atoms with Gasteiger partial charge in [0.15, 0.2) is 0 Å². The van der Waals surface area contributed by atoms with Gasteiger partial charge in [-0.05, 0) is 43.9 Å². The molecule has 0 atom stereocenters. The summed E-state index contributed by atoms with van der Waals surface area (Å²) >= 11 is 0. The number of nitrogens with one attached hydrogen (secondary N) is 1. The molecule has 0 radical (unpaired) electrons. The summed E-state index contributed by atoms with van der Waals surface area (Å²) in [5.41, 5.74) is 0.708. The van der Waals surface area contributed by atoms with E-state index in [1.165, 1.54) is 6.26 Å². The first kappa shape index (κ1) is 15.4. The average molecular weight is 313 g/mol. The Morgan fingerprint density at radius 3 is 2.83 bits per heavy atom. The zero-order valence-corrected chi connectivity index (χ0v) is 12.7. The predicted octanol–water partition coefficient (Wildman–Crippen LogP) is 2.73. The minimum absolute atomic E-state index is 0.0294. The molecule has 120 valence electrons. The summed E-state index contributed by atoms with van der Waals surface area (Å²) < 4.78 is 5.12. The highest BCUT2D eigenvalue weighted by atomic mass is 16.3. The first-order valence-corrected chi connectivity index (χ1v) is 7.74. The van der Waals surface area contributed by atoms with Gasteiger partial charge in [0.25, 0.3) is 0 Å². The Hall–Kier alpha value is -2.47. The number of aliphatic hydroxyl groups excluding tert-OH is 1. The van der Waals surface area contributed by atoms with E-state index in [1.807, 2.05) is 12.1 Å². The van der Waals surface area contributed by atoms with Crippen LogP contribution in [0.5, 0.6) is 0 Å². The Morgan fingerprint density at radius 1 is 1.26 bits per heavy atom. The highest BCUT2D eigenvalue weighted by Gasteiger charge is 2.25. The van der Waals surface area contributed by atoms with E-state index in [0.717, 1.165) is 12.8 Å². The van der Waals surface area contributed by atoms with Crippen molar-refractivity contribution in [3.63, 3.8) is 0 Å². The Kier molecular flexibility index (Phi) is 4.83. The van der Waals surface area contributed by atoms with E-state index < -0.39 is 0 Å². The van der Waals surface area contributed by atoms with Crippen LogP contribution in [0.4, 0.5) is 5.82 Å². The largest absolute Gasteiger partial charge is 0.445 e. The molecule has 1 fully saturated rings. The van der Waals surface area contributed by atoms with Crippen LogP contribution in [0.25, 0.3) is 12.2 Å². The Balaban J connectivity index is 1.62. The summed E-state index contributed by atoms with van der Waals surface area (Å²) in [5, 5.41) is 12.4. The molecule has 2 heterocycles. The van der Waals surface area contributed by atoms with E-state index in [1.54, 1.807) is 24.4 Å². The van der Waals surface area contributed by atoms with E-state index in [-0.39, 0.29) is 17.9 Å². The molecule has 6 nitrogen and oxygen atoms in total. The fourth-order valence-electron chi connectivity index (χ4n) is 2.65. The van der Waals surface area contributed by atoms with Gasteiger partial charge in [-0.1, -0.05) is 6.07 Å². The lowest BCUT2D eigenvalue weighted by atomic mass is 9.87. The highest BCUT2D eigenvalue weighted by Crippen LogP contribution is 2.25. The third kappa shape index (κ3) is 4.26. The Morgan fingerprint density at radius 2 is 2.09 bits per heavy atom. The number of carbonyl (C=O) groups is 1. The number of aromatic nitrogens is 2. The van der Waals surface area contributed by atoms with Gasteiger partial charge in [-0.25, -0.2) is 9.97 Å². The number of hydrogen-bond acceptors (Lipinski definition) is 5. The average Bonchev–Trinajstić information content (AvgIpc) is 3.07. The second kappa shape index (κ2) is 7.19. The molecule has 0 spiro atoms. The number of aliphatic hydroxyl groups is 1. The van der Waals surface area contributed by atoms with Crippen LogP contribution in [0.15, 0.2) is 35.1 Å². The molecule has 1 aliphatic carbocycles. The lowest BCUT2D eigenvalue weighted by molar-refractivity contribution is -0.121. The molecule has 0 bridgehead atoms. The minimum Gasteiger partial charge on any atom is -0.445 e. The third-order valence-corrected chi connectivity index (χ3v) is 3.94. The fourth-order valence-corrected chi connectivity index (χ4v) is 2.65. The molecule has 1 saturated carbocycles. The summed E-state index contributed by atoms with van der Waals surface area (Å²) in [7, 11) is 0. The van der Waals surface area contributed by atoms with Crippen LogP contribution in [0.3, 0.4) is 0 Å². The number of anilines is 1. The second-order valence-electron chi connectivity index (χ2n) is 5.65. The van der Waals surface area contributed by atoms with Crippen LogP contribution in [-0.2, 0) is 4.79 Å². The molecule has 0 aromatic carbocycles. The molecule has 6 heteroatoms. The number of amides is 1. The SMILES string of the molecule is O=C(Nc1cccc(/C=C/c2ncco2)n1)C1CCC(O)CC1. The summed E-state index contributed by atoms with van der Waals surface area (Å²) in [6.45, 7) is 0. The van der Waals surface area contributed by atoms with Gasteiger partial charge in [-0.2, -0.15) is 0 Å². The van der Waals surface area contributed by atoms with E-state index in [0.29, 0.717) is 30.2 Å². The maximum absolute atomic E-state index is 12.3. The first-order chi connectivity index (χ1) is 11.2. The number of oxazole rings is 1. The van der Waals surface area contributed by atoms with Crippen molar-refractivity contribution in [2.24, 2.45) is 5.92 Å². The Labute approximate surface area is 134 Å². The van der Waals surface area contributed by atoms with Gasteiger partial charge >= 0.3 is 0 Å². The highest BCUT2D eigenvalue weighted by molar-refractivity contribution is 5.91. The number of rotatable bonds is 4. The molecule has 0 aliphatic heterocycles. The number of nitrogens with zero attached hydrogens (tertiary/aromatic N) is 2. The van der Waals surface area contributed by atoms with Crippen molar-refractivity contribution in [3.05, 3.63) is 42.2 Å². The molecule has 3 rings (SSSR count). The molecule has 23 heavy (non-hydrogen) atoms. The van der Waals surface area contributed by atoms with Gasteiger partial charge in [-0.3, -0.25) is 4.79 Å². The van der Waals surface area contributed by atoms with Crippen LogP contribution in [-0.4, -0.2) is 27.1 Å². The third-order valence-electron chi connectivity index (χ3n) is 3.94. The number of hydrogen-bond donors (Lipinski definition) is 2. The zero-order valence-electron chi connectivity index (χ0n) is 12.7. The predicted molar refractivity (Wildman–Crippen MR) is 86.3 cm³/mol. The van der Waals surface area contributed by atoms with Gasteiger partial charge in [0.1, 0.15) is 12.1 Å². The first-order valence-electron chi connectivity index (χ1n) is 7.74. The second-order valence-corrected chi connectivity index (χ2v) is 5.65. The molecule has 2 aromatic heterocycles. The van der Waals surface area contributed by atoms with Crippen molar-refractivity contribution in [2.75, 3.05) is 5.32 Å². The van der Waals surface area contributed by atoms with Crippen molar-refractivity contribution in [2.45, 2.75) is 31.8 Å². The van der Waals surface area contributed by atoms with E-state index in [4.69, 9.17) is 4.42 Å². The van der Waals surface area contributed by atoms with Crippen molar-refractivity contribution >= 4 is 23.9 Å². The standard InChI is InChI=1S/C17H19N3O3/c21-14-7-4-12(5-8-14)17(22)20-15-3-1-2-13(19-15)6-9-16-18-10-11-23-16/h1-3,6,9-12,14,21H,4-5,7-8H2,(H,19,20,22)/b9-6+. The summed E-state index contributed by atoms with van der Waals surface area (Å²) in [6.07, 6.45) is 9.12. The maximum atomic E-state index is 12.3. The molecule has 1 amide bonds. The normalized spacial score (nSPS) is 21.4. The summed E-state index contributed by atoms with van der Waals surface area (Å²) in [4.78, 5) is 20.6. The van der Waals surface area contributed by atoms with E-state index >= 15 is 0 Å². The minimum atomic E-state index is -0.263. The van der Waals surface area contributed by atoms with Crippen molar-refractivity contribution in [3.8, 4) is 0 Å². The van der Waals surface area contributed by atoms with E-state index in [2.05, 4.69) is 15.3 Å². The quantitative estimate of drug-likeness (QED) is 0.906. The summed E-state index contributed by atoms with van der Waals surface area (Å²) in [5.74, 6) is 0.947. The number of pyridine rings is 1. The summed E-state index contributed by atoms with van der Waals surface area (Å²) in [6, 6.07) is 5.44. The van der Waals surface area contributed by atoms with Crippen molar-refractivity contribution < 1.29 is 14.3 Å². The molecule has 1 aliphatic rings. The zero-order chi connectivity index (χ0) is 16.1. The number of carbonyl (C=O) groups excluding carboxylic acids is 1. The molecule has 0 unspecified atom stereocenters. The van der Waals surface area contributed by atoms with Crippen molar-refractivity contribution in [1.29, 1.82) is 0 Å². The lowest BCUT2D eigenvalue weighted by Gasteiger charge is -2.24. The Bertz CT molecular complexity index is 674. The smallest absolute Gasteiger partial charge is 0.228 e. The van der Waals surface area contributed by atoms with Crippen LogP contribution in [0, 0.1) is 5.92 Å². The van der Waals surface area contributed by atoms with Gasteiger partial charge in [-0.15, -0.1) is 0 Å². The monoisotopic (exact) mass is 313 g/mol. The molecule has 0 saturated heterocycles. The van der Waals surface area contributed by atoms with Crippen LogP contribution in [0.2, 0.25) is 0 Å². The van der Waals surface area contributed by atoms with Crippen molar-refractivity contribution in [1.82, 2.24) is 9.97 Å². The van der Waals surface area contributed by atoms with Gasteiger partial charge in [0.2, 0.25) is 11.8 Å². The molecular formula is C17H19N3O3. The lowest BCUT2D eigenvalue weighted by Crippen LogP contribution is -2.29.